The van der Waals surface area contributed by atoms with Crippen molar-refractivity contribution in [2.75, 3.05) is 6.61 Å². The molecule has 20 heavy (non-hydrogen) atoms. The Morgan fingerprint density at radius 3 is 2.55 bits per heavy atom. The first-order valence-corrected chi connectivity index (χ1v) is 7.95. The zero-order valence-corrected chi connectivity index (χ0v) is 13.1. The minimum Gasteiger partial charge on any atom is -0.492 e. The van der Waals surface area contributed by atoms with Crippen LogP contribution in [0, 0.1) is 6.92 Å². The first kappa shape index (κ1) is 15.2. The molecule has 0 bridgehead atoms. The van der Waals surface area contributed by atoms with Crippen molar-refractivity contribution in [2.45, 2.75) is 18.7 Å². The first-order chi connectivity index (χ1) is 9.36. The number of ether oxygens (including phenoxy) is 1. The lowest BCUT2D eigenvalue weighted by Gasteiger charge is -2.10. The lowest BCUT2D eigenvalue weighted by atomic mass is 10.3. The first-order valence-electron chi connectivity index (χ1n) is 5.76. The molecule has 0 atom stereocenters. The summed E-state index contributed by atoms with van der Waals surface area (Å²) in [5.41, 5.74) is 0.585. The van der Waals surface area contributed by atoms with Crippen LogP contribution >= 0.6 is 23.2 Å². The summed E-state index contributed by atoms with van der Waals surface area (Å²) in [6, 6.07) is 4.24. The van der Waals surface area contributed by atoms with Gasteiger partial charge in [-0.3, -0.25) is 0 Å². The molecule has 0 amide bonds. The number of benzene rings is 1. The van der Waals surface area contributed by atoms with Crippen molar-refractivity contribution >= 4 is 33.2 Å². The van der Waals surface area contributed by atoms with Gasteiger partial charge < -0.3 is 4.74 Å². The molecule has 5 nitrogen and oxygen atoms in total. The zero-order valence-electron chi connectivity index (χ0n) is 10.8. The maximum Gasteiger partial charge on any atom is 0.284 e. The molecule has 2 aromatic rings. The average molecular weight is 335 g/mol. The molecule has 1 aromatic heterocycles. The molecule has 0 N–H and O–H groups in total. The number of rotatable bonds is 4. The summed E-state index contributed by atoms with van der Waals surface area (Å²) >= 11 is 12.0. The third-order valence-corrected chi connectivity index (χ3v) is 4.82. The van der Waals surface area contributed by atoms with Crippen LogP contribution in [0.2, 0.25) is 10.0 Å². The molecule has 0 radical (unpaired) electrons. The van der Waals surface area contributed by atoms with Gasteiger partial charge in [-0.25, -0.2) is 0 Å². The van der Waals surface area contributed by atoms with Crippen LogP contribution in [-0.2, 0) is 10.0 Å². The molecular weight excluding hydrogens is 323 g/mol. The monoisotopic (exact) mass is 334 g/mol. The van der Waals surface area contributed by atoms with E-state index in [-0.39, 0.29) is 14.9 Å². The van der Waals surface area contributed by atoms with Crippen LogP contribution in [0.3, 0.4) is 0 Å². The summed E-state index contributed by atoms with van der Waals surface area (Å²) in [4.78, 5) is -0.115. The van der Waals surface area contributed by atoms with Crippen LogP contribution in [0.5, 0.6) is 5.75 Å². The molecule has 108 valence electrons. The summed E-state index contributed by atoms with van der Waals surface area (Å²) in [5, 5.41) is 4.10. The van der Waals surface area contributed by atoms with Gasteiger partial charge in [-0.2, -0.15) is 17.6 Å². The van der Waals surface area contributed by atoms with E-state index in [9.17, 15) is 8.42 Å². The average Bonchev–Trinajstić information content (AvgIpc) is 2.81. The minimum atomic E-state index is -3.87. The van der Waals surface area contributed by atoms with E-state index in [0.29, 0.717) is 18.1 Å². The minimum absolute atomic E-state index is 0.0333. The number of aryl methyl sites for hydroxylation is 1. The van der Waals surface area contributed by atoms with Crippen LogP contribution in [0.1, 0.15) is 12.6 Å². The fourth-order valence-electron chi connectivity index (χ4n) is 1.60. The van der Waals surface area contributed by atoms with Crippen LogP contribution in [0.25, 0.3) is 0 Å². The smallest absolute Gasteiger partial charge is 0.284 e. The van der Waals surface area contributed by atoms with Crippen LogP contribution in [0.4, 0.5) is 0 Å². The Morgan fingerprint density at radius 2 is 2.00 bits per heavy atom. The molecule has 8 heteroatoms. The van der Waals surface area contributed by atoms with Gasteiger partial charge in [-0.05, 0) is 26.0 Å². The highest BCUT2D eigenvalue weighted by atomic mass is 35.5. The third kappa shape index (κ3) is 2.77. The summed E-state index contributed by atoms with van der Waals surface area (Å²) in [6.45, 7) is 3.89. The quantitative estimate of drug-likeness (QED) is 0.861. The van der Waals surface area contributed by atoms with E-state index in [1.165, 1.54) is 18.3 Å². The maximum absolute atomic E-state index is 12.4. The molecule has 0 saturated heterocycles. The third-order valence-electron chi connectivity index (χ3n) is 2.51. The van der Waals surface area contributed by atoms with E-state index in [1.54, 1.807) is 19.9 Å². The van der Waals surface area contributed by atoms with Gasteiger partial charge in [0.1, 0.15) is 10.6 Å². The molecule has 0 saturated carbocycles. The highest BCUT2D eigenvalue weighted by molar-refractivity contribution is 7.90. The second-order valence-corrected chi connectivity index (χ2v) is 6.56. The predicted molar refractivity (Wildman–Crippen MR) is 77.2 cm³/mol. The highest BCUT2D eigenvalue weighted by Crippen LogP contribution is 2.34. The Hall–Kier alpha value is -1.24. The second kappa shape index (κ2) is 5.63. The predicted octanol–water partition coefficient (Wildman–Crippen LogP) is 3.13. The van der Waals surface area contributed by atoms with E-state index in [1.807, 2.05) is 0 Å². The van der Waals surface area contributed by atoms with E-state index >= 15 is 0 Å². The molecule has 0 spiro atoms. The molecule has 0 aliphatic heterocycles. The van der Waals surface area contributed by atoms with Crippen molar-refractivity contribution in [3.63, 3.8) is 0 Å². The Kier molecular flexibility index (Phi) is 4.27. The second-order valence-electron chi connectivity index (χ2n) is 3.98. The van der Waals surface area contributed by atoms with Gasteiger partial charge in [0.2, 0.25) is 0 Å². The van der Waals surface area contributed by atoms with Crippen molar-refractivity contribution in [3.8, 4) is 5.75 Å². The van der Waals surface area contributed by atoms with E-state index in [2.05, 4.69) is 5.10 Å². The zero-order chi connectivity index (χ0) is 14.9. The van der Waals surface area contributed by atoms with Gasteiger partial charge in [0.25, 0.3) is 10.0 Å². The lowest BCUT2D eigenvalue weighted by Crippen LogP contribution is -2.14. The van der Waals surface area contributed by atoms with Crippen LogP contribution in [-0.4, -0.2) is 24.2 Å². The summed E-state index contributed by atoms with van der Waals surface area (Å²) in [5.74, 6) is 0.342. The lowest BCUT2D eigenvalue weighted by molar-refractivity contribution is 0.340. The van der Waals surface area contributed by atoms with Crippen LogP contribution < -0.4 is 4.74 Å². The Labute approximate surface area is 127 Å². The fraction of sp³-hybridized carbons (Fsp3) is 0.250. The Morgan fingerprint density at radius 1 is 1.30 bits per heavy atom. The van der Waals surface area contributed by atoms with Gasteiger partial charge in [0.15, 0.2) is 0 Å². The SMILES string of the molecule is CCOc1cc(Cl)c(S(=O)(=O)n2ccc(C)n2)cc1Cl. The standard InChI is InChI=1S/C12H12Cl2N2O3S/c1-3-19-11-6-10(14)12(7-9(11)13)20(17,18)16-5-4-8(2)15-16/h4-7H,3H2,1-2H3. The van der Waals surface area contributed by atoms with Crippen molar-refractivity contribution in [1.82, 2.24) is 9.19 Å². The van der Waals surface area contributed by atoms with Crippen LogP contribution in [0.15, 0.2) is 29.3 Å². The van der Waals surface area contributed by atoms with E-state index < -0.39 is 10.0 Å². The molecular formula is C12H12Cl2N2O3S. The number of hydrogen-bond acceptors (Lipinski definition) is 4. The van der Waals surface area contributed by atoms with Gasteiger partial charge in [0.05, 0.1) is 22.3 Å². The normalized spacial score (nSPS) is 11.6. The molecule has 1 aromatic carbocycles. The van der Waals surface area contributed by atoms with Gasteiger partial charge in [-0.1, -0.05) is 23.2 Å². The van der Waals surface area contributed by atoms with Crippen molar-refractivity contribution < 1.29 is 13.2 Å². The molecule has 0 unspecified atom stereocenters. The van der Waals surface area contributed by atoms with E-state index in [4.69, 9.17) is 27.9 Å². The number of hydrogen-bond donors (Lipinski definition) is 0. The number of nitrogens with zero attached hydrogens (tertiary/aromatic N) is 2. The largest absolute Gasteiger partial charge is 0.492 e. The summed E-state index contributed by atoms with van der Waals surface area (Å²) in [6.07, 6.45) is 1.35. The Bertz CT molecular complexity index is 741. The number of aromatic nitrogens is 2. The number of halogens is 2. The molecule has 2 rings (SSSR count). The van der Waals surface area contributed by atoms with Crippen molar-refractivity contribution in [3.05, 3.63) is 40.1 Å². The summed E-state index contributed by atoms with van der Waals surface area (Å²) in [7, 11) is -3.87. The van der Waals surface area contributed by atoms with Gasteiger partial charge in [0, 0.05) is 12.3 Å². The van der Waals surface area contributed by atoms with Gasteiger partial charge >= 0.3 is 0 Å². The van der Waals surface area contributed by atoms with Crippen molar-refractivity contribution in [2.24, 2.45) is 0 Å². The molecule has 0 aliphatic carbocycles. The van der Waals surface area contributed by atoms with Crippen molar-refractivity contribution in [1.29, 1.82) is 0 Å². The van der Waals surface area contributed by atoms with Gasteiger partial charge in [-0.15, -0.1) is 0 Å². The fourth-order valence-corrected chi connectivity index (χ4v) is 3.56. The highest BCUT2D eigenvalue weighted by Gasteiger charge is 2.23. The van der Waals surface area contributed by atoms with E-state index in [0.717, 1.165) is 4.09 Å². The molecule has 1 heterocycles. The molecule has 0 aliphatic rings. The topological polar surface area (TPSA) is 61.2 Å². The maximum atomic E-state index is 12.4. The summed E-state index contributed by atoms with van der Waals surface area (Å²) < 4.78 is 30.9. The molecule has 0 fully saturated rings. The Balaban J connectivity index is 2.55.